The van der Waals surface area contributed by atoms with Crippen LogP contribution in [-0.2, 0) is 11.4 Å². The van der Waals surface area contributed by atoms with Gasteiger partial charge in [-0.15, -0.1) is 16.7 Å². The van der Waals surface area contributed by atoms with Gasteiger partial charge in [0.2, 0.25) is 0 Å². The highest BCUT2D eigenvalue weighted by atomic mass is 35.5. The van der Waals surface area contributed by atoms with E-state index in [9.17, 15) is 0 Å². The van der Waals surface area contributed by atoms with Crippen molar-refractivity contribution in [2.75, 3.05) is 0 Å². The Bertz CT molecular complexity index is 1530. The molecule has 5 heteroatoms. The van der Waals surface area contributed by atoms with Crippen molar-refractivity contribution in [2.24, 2.45) is 0 Å². The zero-order chi connectivity index (χ0) is 25.8. The summed E-state index contributed by atoms with van der Waals surface area (Å²) >= 11 is 6.05. The smallest absolute Gasteiger partial charge is 0.184 e. The molecule has 0 aliphatic rings. The van der Waals surface area contributed by atoms with E-state index in [1.165, 1.54) is 0 Å². The van der Waals surface area contributed by atoms with Crippen LogP contribution in [0.4, 0.5) is 0 Å². The van der Waals surface area contributed by atoms with Crippen LogP contribution >= 0.6 is 11.6 Å². The Balaban J connectivity index is 1.66. The lowest BCUT2D eigenvalue weighted by Gasteiger charge is -2.36. The van der Waals surface area contributed by atoms with Gasteiger partial charge in [0.1, 0.15) is 5.54 Å². The van der Waals surface area contributed by atoms with Crippen molar-refractivity contribution in [2.45, 2.75) is 11.4 Å². The Labute approximate surface area is 227 Å². The third-order valence-corrected chi connectivity index (χ3v) is 7.26. The molecule has 0 atom stereocenters. The molecule has 0 saturated heterocycles. The maximum absolute atomic E-state index is 6.05. The van der Waals surface area contributed by atoms with Gasteiger partial charge in [0.05, 0.1) is 0 Å². The zero-order valence-electron chi connectivity index (χ0n) is 20.7. The number of aromatic nitrogens is 4. The third-order valence-electron chi connectivity index (χ3n) is 6.95. The summed E-state index contributed by atoms with van der Waals surface area (Å²) in [7, 11) is 0. The second kappa shape index (κ2) is 10.4. The van der Waals surface area contributed by atoms with E-state index in [-0.39, 0.29) is 0 Å². The van der Waals surface area contributed by atoms with E-state index in [0.29, 0.717) is 11.7 Å². The molecule has 38 heavy (non-hydrogen) atoms. The second-order valence-corrected chi connectivity index (χ2v) is 9.37. The van der Waals surface area contributed by atoms with Crippen molar-refractivity contribution >= 4 is 11.6 Å². The number of halogens is 1. The summed E-state index contributed by atoms with van der Waals surface area (Å²) in [5.41, 5.74) is 6.54. The fourth-order valence-corrected chi connectivity index (χ4v) is 5.37. The van der Waals surface area contributed by atoms with Gasteiger partial charge in [0.15, 0.2) is 5.82 Å². The summed E-state index contributed by atoms with van der Waals surface area (Å²) in [6.45, 7) is 0. The molecule has 184 valence electrons. The Morgan fingerprint density at radius 2 is 1.03 bits per heavy atom. The van der Waals surface area contributed by atoms with Crippen molar-refractivity contribution in [3.63, 3.8) is 0 Å². The number of nitrogens with zero attached hydrogens (tertiary/aromatic N) is 4. The number of rotatable bonds is 7. The Morgan fingerprint density at radius 1 is 0.553 bits per heavy atom. The zero-order valence-corrected chi connectivity index (χ0v) is 21.4. The number of hydrogen-bond acceptors (Lipinski definition) is 3. The van der Waals surface area contributed by atoms with Crippen LogP contribution in [0.15, 0.2) is 140 Å². The Kier molecular flexibility index (Phi) is 6.55. The summed E-state index contributed by atoms with van der Waals surface area (Å²) < 4.78 is 1.97. The molecule has 0 amide bonds. The van der Waals surface area contributed by atoms with Gasteiger partial charge in [-0.25, -0.2) is 4.68 Å². The molecule has 0 spiro atoms. The molecule has 0 bridgehead atoms. The minimum absolute atomic E-state index is 0.480. The summed E-state index contributed by atoms with van der Waals surface area (Å²) in [6.07, 6.45) is 0. The van der Waals surface area contributed by atoms with E-state index in [4.69, 9.17) is 16.8 Å². The van der Waals surface area contributed by atoms with E-state index in [1.54, 1.807) is 0 Å². The van der Waals surface area contributed by atoms with Crippen LogP contribution in [0.3, 0.4) is 0 Å². The molecular weight excluding hydrogens is 488 g/mol. The Hall–Kier alpha value is -4.54. The number of hydrogen-bond donors (Lipinski definition) is 0. The van der Waals surface area contributed by atoms with E-state index in [0.717, 1.165) is 38.9 Å². The van der Waals surface area contributed by atoms with Crippen molar-refractivity contribution in [1.29, 1.82) is 0 Å². The number of alkyl halides is 1. The van der Waals surface area contributed by atoms with Gasteiger partial charge in [0.25, 0.3) is 0 Å². The number of tetrazole rings is 1. The summed E-state index contributed by atoms with van der Waals surface area (Å²) in [4.78, 5) is 0. The van der Waals surface area contributed by atoms with Crippen molar-refractivity contribution in [3.05, 3.63) is 162 Å². The second-order valence-electron chi connectivity index (χ2n) is 9.10. The van der Waals surface area contributed by atoms with Crippen LogP contribution in [0.5, 0.6) is 0 Å². The first-order chi connectivity index (χ1) is 18.8. The first kappa shape index (κ1) is 23.8. The molecule has 0 N–H and O–H groups in total. The minimum Gasteiger partial charge on any atom is -0.205 e. The highest BCUT2D eigenvalue weighted by Gasteiger charge is 2.42. The molecule has 6 rings (SSSR count). The lowest BCUT2D eigenvalue weighted by atomic mass is 9.77. The molecule has 0 unspecified atom stereocenters. The number of benzene rings is 5. The Morgan fingerprint density at radius 3 is 1.53 bits per heavy atom. The van der Waals surface area contributed by atoms with Crippen molar-refractivity contribution in [1.82, 2.24) is 20.2 Å². The normalized spacial score (nSPS) is 11.4. The highest BCUT2D eigenvalue weighted by Crippen LogP contribution is 2.43. The van der Waals surface area contributed by atoms with Crippen LogP contribution in [0, 0.1) is 0 Å². The van der Waals surface area contributed by atoms with Gasteiger partial charge in [-0.05, 0) is 43.8 Å². The standard InChI is InChI=1S/C33H25ClN4/c34-24-25-20-22-26(23-21-25)30-18-10-11-19-31(30)32-35-36-37-38(32)33(27-12-4-1-5-13-27,28-14-6-2-7-15-28)29-16-8-3-9-17-29/h1-23H,24H2. The van der Waals surface area contributed by atoms with E-state index in [2.05, 4.69) is 120 Å². The SMILES string of the molecule is ClCc1ccc(-c2ccccc2-c2nnnn2C(c2ccccc2)(c2ccccc2)c2ccccc2)cc1. The molecular formula is C33H25ClN4. The van der Waals surface area contributed by atoms with Gasteiger partial charge < -0.3 is 0 Å². The molecule has 0 fully saturated rings. The van der Waals surface area contributed by atoms with Crippen molar-refractivity contribution in [3.8, 4) is 22.5 Å². The van der Waals surface area contributed by atoms with Crippen LogP contribution in [0.1, 0.15) is 22.3 Å². The predicted molar refractivity (Wildman–Crippen MR) is 153 cm³/mol. The molecule has 5 aromatic carbocycles. The van der Waals surface area contributed by atoms with E-state index >= 15 is 0 Å². The van der Waals surface area contributed by atoms with Gasteiger partial charge in [-0.3, -0.25) is 0 Å². The molecule has 1 aromatic heterocycles. The fourth-order valence-electron chi connectivity index (χ4n) is 5.19. The van der Waals surface area contributed by atoms with Crippen LogP contribution < -0.4 is 0 Å². The van der Waals surface area contributed by atoms with E-state index < -0.39 is 5.54 Å². The van der Waals surface area contributed by atoms with Crippen molar-refractivity contribution < 1.29 is 0 Å². The monoisotopic (exact) mass is 512 g/mol. The fraction of sp³-hybridized carbons (Fsp3) is 0.0606. The summed E-state index contributed by atoms with van der Waals surface area (Å²) in [5, 5.41) is 13.6. The van der Waals surface area contributed by atoms with Crippen LogP contribution in [0.2, 0.25) is 0 Å². The molecule has 4 nitrogen and oxygen atoms in total. The third kappa shape index (κ3) is 4.09. The van der Waals surface area contributed by atoms with E-state index in [1.807, 2.05) is 35.0 Å². The van der Waals surface area contributed by atoms with Crippen LogP contribution in [0.25, 0.3) is 22.5 Å². The lowest BCUT2D eigenvalue weighted by Crippen LogP contribution is -2.39. The maximum Gasteiger partial charge on any atom is 0.184 e. The summed E-state index contributed by atoms with van der Waals surface area (Å²) in [5.74, 6) is 1.16. The molecule has 1 heterocycles. The maximum atomic E-state index is 6.05. The first-order valence-corrected chi connectivity index (χ1v) is 13.1. The lowest BCUT2D eigenvalue weighted by molar-refractivity contribution is 0.451. The molecule has 0 radical (unpaired) electrons. The summed E-state index contributed by atoms with van der Waals surface area (Å²) in [6, 6.07) is 47.9. The predicted octanol–water partition coefficient (Wildman–Crippen LogP) is 7.59. The molecule has 6 aromatic rings. The van der Waals surface area contributed by atoms with Gasteiger partial charge in [-0.1, -0.05) is 140 Å². The molecule has 0 saturated carbocycles. The molecule has 0 aliphatic heterocycles. The van der Waals surface area contributed by atoms with Gasteiger partial charge in [0, 0.05) is 11.4 Å². The highest BCUT2D eigenvalue weighted by molar-refractivity contribution is 6.17. The van der Waals surface area contributed by atoms with Gasteiger partial charge in [-0.2, -0.15) is 0 Å². The average molecular weight is 513 g/mol. The average Bonchev–Trinajstić information content (AvgIpc) is 3.49. The first-order valence-electron chi connectivity index (χ1n) is 12.5. The van der Waals surface area contributed by atoms with Crippen LogP contribution in [-0.4, -0.2) is 20.2 Å². The quantitative estimate of drug-likeness (QED) is 0.163. The topological polar surface area (TPSA) is 43.6 Å². The minimum atomic E-state index is -0.807. The largest absolute Gasteiger partial charge is 0.205 e. The molecule has 0 aliphatic carbocycles. The van der Waals surface area contributed by atoms with Gasteiger partial charge >= 0.3 is 0 Å².